The van der Waals surface area contributed by atoms with Gasteiger partial charge in [0, 0.05) is 5.92 Å². The monoisotopic (exact) mass is 134 g/mol. The first kappa shape index (κ1) is 8.96. The van der Waals surface area contributed by atoms with Gasteiger partial charge in [-0.1, -0.05) is 30.4 Å². The molecular weight excluding hydrogens is 120 g/mol. The standard InChI is InChI=1S/C8H10.C2H4/c1-2-8-6-4-3-5-7-8;1-2/h2,4-8H,1,3H2;1-2H2. The van der Waals surface area contributed by atoms with Crippen molar-refractivity contribution in [2.75, 3.05) is 0 Å². The molecule has 0 spiro atoms. The molecule has 1 aliphatic carbocycles. The average Bonchev–Trinajstić information content (AvgIpc) is 2.10. The van der Waals surface area contributed by atoms with Gasteiger partial charge in [0.15, 0.2) is 0 Å². The zero-order chi connectivity index (χ0) is 7.82. The maximum absolute atomic E-state index is 3.68. The molecule has 0 aromatic rings. The smallest absolute Gasteiger partial charge is 0.0125 e. The number of hydrogen-bond donors (Lipinski definition) is 0. The summed E-state index contributed by atoms with van der Waals surface area (Å²) in [6.07, 6.45) is 11.7. The summed E-state index contributed by atoms with van der Waals surface area (Å²) in [6, 6.07) is 0. The molecule has 0 heterocycles. The van der Waals surface area contributed by atoms with Gasteiger partial charge in [-0.3, -0.25) is 0 Å². The Labute approximate surface area is 63.3 Å². The topological polar surface area (TPSA) is 0 Å². The predicted octanol–water partition coefficient (Wildman–Crippen LogP) is 3.11. The number of hydrogen-bond acceptors (Lipinski definition) is 0. The molecule has 0 saturated heterocycles. The number of rotatable bonds is 1. The highest BCUT2D eigenvalue weighted by Gasteiger charge is 1.93. The van der Waals surface area contributed by atoms with E-state index in [0.717, 1.165) is 6.42 Å². The highest BCUT2D eigenvalue weighted by molar-refractivity contribution is 5.14. The lowest BCUT2D eigenvalue weighted by atomic mass is 10.0. The molecule has 0 radical (unpaired) electrons. The van der Waals surface area contributed by atoms with Gasteiger partial charge in [-0.05, 0) is 6.42 Å². The van der Waals surface area contributed by atoms with Crippen molar-refractivity contribution >= 4 is 0 Å². The zero-order valence-corrected chi connectivity index (χ0v) is 6.29. The highest BCUT2D eigenvalue weighted by Crippen LogP contribution is 2.08. The Hall–Kier alpha value is -1.04. The van der Waals surface area contributed by atoms with E-state index in [-0.39, 0.29) is 0 Å². The van der Waals surface area contributed by atoms with Crippen LogP contribution in [0.4, 0.5) is 0 Å². The lowest BCUT2D eigenvalue weighted by Crippen LogP contribution is -1.87. The van der Waals surface area contributed by atoms with Crippen LogP contribution in [0.25, 0.3) is 0 Å². The van der Waals surface area contributed by atoms with Crippen LogP contribution in [0.3, 0.4) is 0 Å². The van der Waals surface area contributed by atoms with Gasteiger partial charge in [-0.2, -0.15) is 0 Å². The molecule has 0 aliphatic heterocycles. The van der Waals surface area contributed by atoms with E-state index in [1.54, 1.807) is 0 Å². The second-order valence-corrected chi connectivity index (χ2v) is 1.91. The summed E-state index contributed by atoms with van der Waals surface area (Å²) in [4.78, 5) is 0. The Morgan fingerprint density at radius 1 is 1.20 bits per heavy atom. The third-order valence-corrected chi connectivity index (χ3v) is 1.26. The Balaban J connectivity index is 0.000000371. The first-order valence-corrected chi connectivity index (χ1v) is 3.39. The molecule has 1 rings (SSSR count). The minimum atomic E-state index is 0.490. The SMILES string of the molecule is C=C.C=CC1C=CCC=C1. The van der Waals surface area contributed by atoms with E-state index in [1.165, 1.54) is 0 Å². The van der Waals surface area contributed by atoms with E-state index < -0.39 is 0 Å². The van der Waals surface area contributed by atoms with E-state index in [2.05, 4.69) is 44.0 Å². The normalized spacial score (nSPS) is 15.6. The first-order chi connectivity index (χ1) is 4.93. The van der Waals surface area contributed by atoms with Crippen molar-refractivity contribution < 1.29 is 0 Å². The van der Waals surface area contributed by atoms with Gasteiger partial charge in [0.2, 0.25) is 0 Å². The second-order valence-electron chi connectivity index (χ2n) is 1.91. The summed E-state index contributed by atoms with van der Waals surface area (Å²) in [5, 5.41) is 0. The minimum absolute atomic E-state index is 0.490. The van der Waals surface area contributed by atoms with Crippen LogP contribution in [-0.4, -0.2) is 0 Å². The van der Waals surface area contributed by atoms with Crippen LogP contribution in [0, 0.1) is 5.92 Å². The fourth-order valence-corrected chi connectivity index (χ4v) is 0.771. The first-order valence-electron chi connectivity index (χ1n) is 3.39. The zero-order valence-electron chi connectivity index (χ0n) is 6.29. The van der Waals surface area contributed by atoms with Gasteiger partial charge in [-0.25, -0.2) is 0 Å². The molecule has 0 nitrogen and oxygen atoms in total. The Bertz CT molecular complexity index is 128. The lowest BCUT2D eigenvalue weighted by Gasteiger charge is -2.01. The minimum Gasteiger partial charge on any atom is -0.106 e. The van der Waals surface area contributed by atoms with E-state index in [0.29, 0.717) is 5.92 Å². The summed E-state index contributed by atoms with van der Waals surface area (Å²) in [6.45, 7) is 9.68. The molecule has 0 heteroatoms. The molecule has 10 heavy (non-hydrogen) atoms. The molecule has 0 atom stereocenters. The van der Waals surface area contributed by atoms with Crippen molar-refractivity contribution in [3.05, 3.63) is 50.1 Å². The molecule has 0 amide bonds. The lowest BCUT2D eigenvalue weighted by molar-refractivity contribution is 1.02. The van der Waals surface area contributed by atoms with Crippen molar-refractivity contribution in [1.82, 2.24) is 0 Å². The van der Waals surface area contributed by atoms with Gasteiger partial charge in [0.05, 0.1) is 0 Å². The molecule has 0 fully saturated rings. The summed E-state index contributed by atoms with van der Waals surface area (Å²) in [5.41, 5.74) is 0. The molecule has 0 N–H and O–H groups in total. The van der Waals surface area contributed by atoms with Crippen LogP contribution in [0.5, 0.6) is 0 Å². The maximum Gasteiger partial charge on any atom is 0.0125 e. The molecule has 1 aliphatic rings. The molecule has 54 valence electrons. The second kappa shape index (κ2) is 6.09. The van der Waals surface area contributed by atoms with E-state index >= 15 is 0 Å². The summed E-state index contributed by atoms with van der Waals surface area (Å²) in [7, 11) is 0. The summed E-state index contributed by atoms with van der Waals surface area (Å²) in [5.74, 6) is 0.490. The molecule has 0 unspecified atom stereocenters. The molecule has 0 bridgehead atoms. The fourth-order valence-electron chi connectivity index (χ4n) is 0.771. The summed E-state index contributed by atoms with van der Waals surface area (Å²) >= 11 is 0. The highest BCUT2D eigenvalue weighted by atomic mass is 14.0. The third-order valence-electron chi connectivity index (χ3n) is 1.26. The fraction of sp³-hybridized carbons (Fsp3) is 0.200. The molecule has 0 saturated carbocycles. The maximum atomic E-state index is 3.68. The van der Waals surface area contributed by atoms with Crippen LogP contribution in [-0.2, 0) is 0 Å². The van der Waals surface area contributed by atoms with E-state index in [1.807, 2.05) is 6.08 Å². The van der Waals surface area contributed by atoms with Crippen molar-refractivity contribution in [2.45, 2.75) is 6.42 Å². The predicted molar refractivity (Wildman–Crippen MR) is 47.8 cm³/mol. The molecular formula is C10H14. The number of allylic oxidation sites excluding steroid dienone is 5. The largest absolute Gasteiger partial charge is 0.106 e. The van der Waals surface area contributed by atoms with Crippen LogP contribution in [0.1, 0.15) is 6.42 Å². The van der Waals surface area contributed by atoms with E-state index in [9.17, 15) is 0 Å². The summed E-state index contributed by atoms with van der Waals surface area (Å²) < 4.78 is 0. The van der Waals surface area contributed by atoms with Crippen LogP contribution in [0.15, 0.2) is 50.1 Å². The third kappa shape index (κ3) is 3.08. The molecule has 0 aromatic carbocycles. The van der Waals surface area contributed by atoms with Crippen LogP contribution < -0.4 is 0 Å². The Morgan fingerprint density at radius 3 is 2.00 bits per heavy atom. The van der Waals surface area contributed by atoms with Gasteiger partial charge >= 0.3 is 0 Å². The Kier molecular flexibility index (Phi) is 5.45. The van der Waals surface area contributed by atoms with Crippen molar-refractivity contribution in [3.8, 4) is 0 Å². The van der Waals surface area contributed by atoms with Gasteiger partial charge in [-0.15, -0.1) is 19.7 Å². The van der Waals surface area contributed by atoms with Crippen LogP contribution in [0.2, 0.25) is 0 Å². The molecule has 0 aromatic heterocycles. The van der Waals surface area contributed by atoms with Crippen LogP contribution >= 0.6 is 0 Å². The van der Waals surface area contributed by atoms with Crippen molar-refractivity contribution in [2.24, 2.45) is 5.92 Å². The Morgan fingerprint density at radius 2 is 1.70 bits per heavy atom. The van der Waals surface area contributed by atoms with Crippen molar-refractivity contribution in [3.63, 3.8) is 0 Å². The quantitative estimate of drug-likeness (QED) is 0.483. The average molecular weight is 134 g/mol. The van der Waals surface area contributed by atoms with Gasteiger partial charge in [0.25, 0.3) is 0 Å². The van der Waals surface area contributed by atoms with E-state index in [4.69, 9.17) is 0 Å². The van der Waals surface area contributed by atoms with Gasteiger partial charge < -0.3 is 0 Å². The van der Waals surface area contributed by atoms with Gasteiger partial charge in [0.1, 0.15) is 0 Å². The van der Waals surface area contributed by atoms with Crippen molar-refractivity contribution in [1.29, 1.82) is 0 Å².